The summed E-state index contributed by atoms with van der Waals surface area (Å²) in [7, 11) is 0. The summed E-state index contributed by atoms with van der Waals surface area (Å²) < 4.78 is 2.14. The molecule has 0 saturated carbocycles. The second kappa shape index (κ2) is 9.91. The summed E-state index contributed by atoms with van der Waals surface area (Å²) in [5, 5.41) is 10.2. The number of nitrogens with one attached hydrogen (secondary N) is 2. The van der Waals surface area contributed by atoms with E-state index in [9.17, 15) is 9.59 Å². The van der Waals surface area contributed by atoms with Gasteiger partial charge in [0.15, 0.2) is 4.80 Å². The fraction of sp³-hybridized carbons (Fsp3) is 0.0667. The molecule has 3 heterocycles. The molecule has 0 bridgehead atoms. The Labute approximate surface area is 222 Å². The molecule has 0 aliphatic carbocycles. The van der Waals surface area contributed by atoms with Crippen LogP contribution in [0.4, 0.5) is 5.69 Å². The third kappa shape index (κ3) is 4.31. The number of rotatable bonds is 5. The molecule has 8 heteroatoms. The van der Waals surface area contributed by atoms with E-state index in [1.807, 2.05) is 104 Å². The van der Waals surface area contributed by atoms with E-state index in [1.54, 1.807) is 10.8 Å². The molecule has 5 aromatic rings. The lowest BCUT2D eigenvalue weighted by Crippen LogP contribution is -2.40. The van der Waals surface area contributed by atoms with E-state index in [0.717, 1.165) is 22.4 Å². The van der Waals surface area contributed by atoms with Crippen LogP contribution in [0.1, 0.15) is 24.1 Å². The standard InChI is InChI=1S/C30H23N5O2S/c1-19-25(28(36)33-23-15-9-4-10-16-23)27(21-13-7-3-8-14-21)35-29(37)24(38-30(35)32-19)17-22-18-31-34-26(22)20-11-5-2-6-12-20/h2-18,27H,1H3,(H,31,34)(H,33,36). The number of allylic oxidation sites excluding steroid dienone is 1. The Morgan fingerprint density at radius 3 is 2.34 bits per heavy atom. The predicted molar refractivity (Wildman–Crippen MR) is 149 cm³/mol. The van der Waals surface area contributed by atoms with Gasteiger partial charge < -0.3 is 5.32 Å². The number of anilines is 1. The van der Waals surface area contributed by atoms with Gasteiger partial charge in [0.1, 0.15) is 0 Å². The molecule has 186 valence electrons. The fourth-order valence-corrected chi connectivity index (χ4v) is 5.70. The van der Waals surface area contributed by atoms with Gasteiger partial charge >= 0.3 is 0 Å². The van der Waals surface area contributed by atoms with Gasteiger partial charge in [-0.25, -0.2) is 4.99 Å². The Morgan fingerprint density at radius 1 is 0.974 bits per heavy atom. The van der Waals surface area contributed by atoms with Crippen molar-refractivity contribution in [1.29, 1.82) is 0 Å². The fourth-order valence-electron chi connectivity index (χ4n) is 4.66. The van der Waals surface area contributed by atoms with Crippen LogP contribution in [-0.4, -0.2) is 20.7 Å². The minimum atomic E-state index is -0.615. The number of carbonyl (C=O) groups excluding carboxylic acids is 1. The van der Waals surface area contributed by atoms with Gasteiger partial charge in [-0.2, -0.15) is 5.10 Å². The summed E-state index contributed by atoms with van der Waals surface area (Å²) in [6.45, 7) is 1.82. The highest BCUT2D eigenvalue weighted by Gasteiger charge is 2.32. The minimum absolute atomic E-state index is 0.208. The number of carbonyl (C=O) groups is 1. The van der Waals surface area contributed by atoms with Crippen LogP contribution in [0.15, 0.2) is 118 Å². The number of benzene rings is 3. The van der Waals surface area contributed by atoms with Crippen molar-refractivity contribution < 1.29 is 4.79 Å². The summed E-state index contributed by atoms with van der Waals surface area (Å²) in [5.41, 5.74) is 4.92. The molecule has 1 amide bonds. The van der Waals surface area contributed by atoms with Gasteiger partial charge in [0.05, 0.1) is 33.7 Å². The van der Waals surface area contributed by atoms with E-state index < -0.39 is 6.04 Å². The van der Waals surface area contributed by atoms with Gasteiger partial charge in [0, 0.05) is 16.8 Å². The lowest BCUT2D eigenvalue weighted by molar-refractivity contribution is -0.113. The number of fused-ring (bicyclic) bond motifs is 1. The quantitative estimate of drug-likeness (QED) is 0.365. The van der Waals surface area contributed by atoms with Gasteiger partial charge in [-0.05, 0) is 30.7 Å². The maximum atomic E-state index is 13.9. The van der Waals surface area contributed by atoms with Gasteiger partial charge in [0.2, 0.25) is 0 Å². The largest absolute Gasteiger partial charge is 0.322 e. The van der Waals surface area contributed by atoms with Gasteiger partial charge in [0.25, 0.3) is 11.5 Å². The molecule has 1 aliphatic heterocycles. The van der Waals surface area contributed by atoms with Crippen LogP contribution >= 0.6 is 11.3 Å². The molecule has 1 aliphatic rings. The van der Waals surface area contributed by atoms with Gasteiger partial charge in [-0.1, -0.05) is 90.2 Å². The molecular weight excluding hydrogens is 494 g/mol. The molecule has 1 atom stereocenters. The Balaban J connectivity index is 1.49. The third-order valence-corrected chi connectivity index (χ3v) is 7.41. The first-order valence-corrected chi connectivity index (χ1v) is 12.9. The highest BCUT2D eigenvalue weighted by molar-refractivity contribution is 7.07. The molecule has 38 heavy (non-hydrogen) atoms. The summed E-state index contributed by atoms with van der Waals surface area (Å²) in [4.78, 5) is 32.8. The molecule has 0 spiro atoms. The summed E-state index contributed by atoms with van der Waals surface area (Å²) in [6.07, 6.45) is 3.54. The van der Waals surface area contributed by atoms with Crippen molar-refractivity contribution in [3.8, 4) is 11.3 Å². The number of H-pyrrole nitrogens is 1. The highest BCUT2D eigenvalue weighted by Crippen LogP contribution is 2.30. The number of hydrogen-bond donors (Lipinski definition) is 2. The molecular formula is C30H23N5O2S. The van der Waals surface area contributed by atoms with E-state index in [0.29, 0.717) is 26.3 Å². The van der Waals surface area contributed by atoms with Gasteiger partial charge in [-0.3, -0.25) is 19.3 Å². The number of amides is 1. The molecule has 7 nitrogen and oxygen atoms in total. The van der Waals surface area contributed by atoms with Crippen LogP contribution in [0.25, 0.3) is 17.3 Å². The van der Waals surface area contributed by atoms with Crippen molar-refractivity contribution in [2.24, 2.45) is 4.99 Å². The Bertz CT molecular complexity index is 1840. The van der Waals surface area contributed by atoms with Crippen molar-refractivity contribution in [3.63, 3.8) is 0 Å². The van der Waals surface area contributed by atoms with E-state index in [1.165, 1.54) is 11.3 Å². The third-order valence-electron chi connectivity index (χ3n) is 6.43. The SMILES string of the molecule is CC1=C(C(=O)Nc2ccccc2)C(c2ccccc2)n2c(sc(=Cc3cn[nH]c3-c3ccccc3)c2=O)=N1. The first-order valence-electron chi connectivity index (χ1n) is 12.1. The average molecular weight is 518 g/mol. The number of nitrogens with zero attached hydrogens (tertiary/aromatic N) is 3. The Kier molecular flexibility index (Phi) is 6.15. The number of aromatic amines is 1. The maximum Gasteiger partial charge on any atom is 0.271 e. The zero-order valence-corrected chi connectivity index (χ0v) is 21.3. The van der Waals surface area contributed by atoms with E-state index >= 15 is 0 Å². The molecule has 1 unspecified atom stereocenters. The van der Waals surface area contributed by atoms with Crippen LogP contribution in [-0.2, 0) is 4.79 Å². The smallest absolute Gasteiger partial charge is 0.271 e. The number of aromatic nitrogens is 3. The number of thiazole rings is 1. The Morgan fingerprint density at radius 2 is 1.63 bits per heavy atom. The first-order chi connectivity index (χ1) is 18.6. The molecule has 2 N–H and O–H groups in total. The molecule has 6 rings (SSSR count). The summed E-state index contributed by atoms with van der Waals surface area (Å²) in [5.74, 6) is -0.290. The molecule has 0 radical (unpaired) electrons. The highest BCUT2D eigenvalue weighted by atomic mass is 32.1. The van der Waals surface area contributed by atoms with Crippen molar-refractivity contribution >= 4 is 29.0 Å². The zero-order valence-electron chi connectivity index (χ0n) is 20.5. The number of hydrogen-bond acceptors (Lipinski definition) is 5. The van der Waals surface area contributed by atoms with Gasteiger partial charge in [-0.15, -0.1) is 0 Å². The molecule has 0 fully saturated rings. The predicted octanol–water partition coefficient (Wildman–Crippen LogP) is 4.26. The first kappa shape index (κ1) is 23.6. The molecule has 3 aromatic carbocycles. The van der Waals surface area contributed by atoms with Crippen molar-refractivity contribution in [1.82, 2.24) is 14.8 Å². The zero-order chi connectivity index (χ0) is 26.1. The van der Waals surface area contributed by atoms with Crippen LogP contribution < -0.4 is 20.2 Å². The Hall–Kier alpha value is -4.82. The minimum Gasteiger partial charge on any atom is -0.322 e. The normalized spacial score (nSPS) is 15.2. The second-order valence-electron chi connectivity index (χ2n) is 8.88. The maximum absolute atomic E-state index is 13.9. The molecule has 0 saturated heterocycles. The van der Waals surface area contributed by atoms with Crippen molar-refractivity contribution in [2.45, 2.75) is 13.0 Å². The van der Waals surface area contributed by atoms with Crippen LogP contribution in [0.3, 0.4) is 0 Å². The monoisotopic (exact) mass is 517 g/mol. The van der Waals surface area contributed by atoms with Crippen molar-refractivity contribution in [2.75, 3.05) is 5.32 Å². The second-order valence-corrected chi connectivity index (χ2v) is 9.89. The average Bonchev–Trinajstić information content (AvgIpc) is 3.53. The van der Waals surface area contributed by atoms with E-state index in [-0.39, 0.29) is 11.5 Å². The topological polar surface area (TPSA) is 92.1 Å². The van der Waals surface area contributed by atoms with Crippen LogP contribution in [0.5, 0.6) is 0 Å². The van der Waals surface area contributed by atoms with E-state index in [4.69, 9.17) is 4.99 Å². The summed E-state index contributed by atoms with van der Waals surface area (Å²) >= 11 is 1.30. The van der Waals surface area contributed by atoms with Crippen molar-refractivity contribution in [3.05, 3.63) is 139 Å². The summed E-state index contributed by atoms with van der Waals surface area (Å²) in [6, 6.07) is 28.1. The molecule has 2 aromatic heterocycles. The number of para-hydroxylation sites is 1. The van der Waals surface area contributed by atoms with Crippen LogP contribution in [0, 0.1) is 0 Å². The lowest BCUT2D eigenvalue weighted by Gasteiger charge is -2.25. The van der Waals surface area contributed by atoms with Crippen LogP contribution in [0.2, 0.25) is 0 Å². The van der Waals surface area contributed by atoms with E-state index in [2.05, 4.69) is 15.5 Å². The lowest BCUT2D eigenvalue weighted by atomic mass is 9.95.